The van der Waals surface area contributed by atoms with Crippen LogP contribution < -0.4 is 0 Å². The van der Waals surface area contributed by atoms with Crippen LogP contribution in [-0.4, -0.2) is 44.1 Å². The van der Waals surface area contributed by atoms with Crippen molar-refractivity contribution < 1.29 is 4.79 Å². The number of nitrogens with one attached hydrogen (secondary N) is 1. The molecule has 0 atom stereocenters. The molecule has 6 nitrogen and oxygen atoms in total. The zero-order valence-electron chi connectivity index (χ0n) is 10.8. The third-order valence-electron chi connectivity index (χ3n) is 3.71. The van der Waals surface area contributed by atoms with Gasteiger partial charge in [0.05, 0.1) is 11.1 Å². The quantitative estimate of drug-likeness (QED) is 0.677. The number of nitrogens with zero attached hydrogens (tertiary/aromatic N) is 4. The summed E-state index contributed by atoms with van der Waals surface area (Å²) in [6.45, 7) is 4.92. The minimum Gasteiger partial charge on any atom is -0.339 e. The van der Waals surface area contributed by atoms with Crippen molar-refractivity contribution in [1.29, 1.82) is 0 Å². The van der Waals surface area contributed by atoms with Crippen LogP contribution in [0, 0.1) is 0 Å². The topological polar surface area (TPSA) is 74.8 Å². The van der Waals surface area contributed by atoms with Gasteiger partial charge in [0.25, 0.3) is 0 Å². The van der Waals surface area contributed by atoms with Gasteiger partial charge in [0.15, 0.2) is 5.65 Å². The third-order valence-corrected chi connectivity index (χ3v) is 3.99. The Balaban J connectivity index is 1.84. The molecule has 0 unspecified atom stereocenters. The first kappa shape index (κ1) is 13.1. The summed E-state index contributed by atoms with van der Waals surface area (Å²) in [5, 5.41) is 8.44. The van der Waals surface area contributed by atoms with Gasteiger partial charge in [-0.05, 0) is 18.9 Å². The van der Waals surface area contributed by atoms with E-state index in [0.29, 0.717) is 23.9 Å². The summed E-state index contributed by atoms with van der Waals surface area (Å²) in [4.78, 5) is 21.5. The minimum atomic E-state index is -0.0169. The number of carbonyl (C=O) groups excluding carboxylic acids is 1. The number of aromatic nitrogens is 4. The smallest absolute Gasteiger partial charge is 0.245 e. The fraction of sp³-hybridized carbons (Fsp3) is 0.385. The summed E-state index contributed by atoms with van der Waals surface area (Å²) in [7, 11) is 0. The first-order valence-electron chi connectivity index (χ1n) is 6.46. The van der Waals surface area contributed by atoms with Crippen LogP contribution in [0.4, 0.5) is 0 Å². The number of piperidine rings is 1. The molecule has 1 fully saturated rings. The van der Waals surface area contributed by atoms with Gasteiger partial charge in [0, 0.05) is 19.0 Å². The molecule has 0 saturated carbocycles. The van der Waals surface area contributed by atoms with E-state index in [2.05, 4.69) is 26.7 Å². The zero-order valence-corrected chi connectivity index (χ0v) is 11.6. The Hall–Kier alpha value is -1.95. The molecule has 1 amide bonds. The molecular weight excluding hydrogens is 278 g/mol. The van der Waals surface area contributed by atoms with Gasteiger partial charge in [0.2, 0.25) is 5.91 Å². The molecule has 0 radical (unpaired) electrons. The van der Waals surface area contributed by atoms with Gasteiger partial charge in [-0.1, -0.05) is 18.2 Å². The molecule has 104 valence electrons. The van der Waals surface area contributed by atoms with Crippen molar-refractivity contribution in [2.45, 2.75) is 18.8 Å². The molecule has 0 spiro atoms. The molecule has 0 aliphatic carbocycles. The van der Waals surface area contributed by atoms with Crippen LogP contribution in [0.5, 0.6) is 0 Å². The molecule has 1 saturated heterocycles. The van der Waals surface area contributed by atoms with Gasteiger partial charge in [-0.15, -0.1) is 0 Å². The summed E-state index contributed by atoms with van der Waals surface area (Å²) in [5.74, 6) is 0.248. The van der Waals surface area contributed by atoms with Crippen LogP contribution in [0.25, 0.3) is 11.0 Å². The van der Waals surface area contributed by atoms with Crippen molar-refractivity contribution in [3.05, 3.63) is 29.8 Å². The molecule has 0 bridgehead atoms. The van der Waals surface area contributed by atoms with Gasteiger partial charge >= 0.3 is 0 Å². The van der Waals surface area contributed by atoms with Crippen LogP contribution in [0.1, 0.15) is 24.5 Å². The second kappa shape index (κ2) is 5.20. The highest BCUT2D eigenvalue weighted by Gasteiger charge is 2.26. The summed E-state index contributed by atoms with van der Waals surface area (Å²) >= 11 is 6.14. The van der Waals surface area contributed by atoms with Crippen LogP contribution in [0.3, 0.4) is 0 Å². The van der Waals surface area contributed by atoms with E-state index >= 15 is 0 Å². The standard InChI is InChI=1S/C13H14ClN5O/c1-2-9(20)19-5-3-8(4-6-19)11-10-12(14)15-7-16-13(10)18-17-11/h2,7-8H,1,3-6H2,(H,15,16,17,18). The fourth-order valence-corrected chi connectivity index (χ4v) is 2.87. The van der Waals surface area contributed by atoms with Crippen LogP contribution in [0.2, 0.25) is 5.15 Å². The first-order valence-corrected chi connectivity index (χ1v) is 6.84. The average molecular weight is 292 g/mol. The predicted molar refractivity (Wildman–Crippen MR) is 75.4 cm³/mol. The van der Waals surface area contributed by atoms with Crippen LogP contribution in [-0.2, 0) is 4.79 Å². The molecule has 2 aromatic heterocycles. The number of amides is 1. The molecule has 7 heteroatoms. The number of carbonyl (C=O) groups is 1. The Morgan fingerprint density at radius 2 is 2.20 bits per heavy atom. The number of hydrogen-bond donors (Lipinski definition) is 1. The molecular formula is C13H14ClN5O. The average Bonchev–Trinajstić information content (AvgIpc) is 2.92. The van der Waals surface area contributed by atoms with E-state index in [9.17, 15) is 4.79 Å². The largest absolute Gasteiger partial charge is 0.339 e. The van der Waals surface area contributed by atoms with E-state index in [1.165, 1.54) is 12.4 Å². The predicted octanol–water partition coefficient (Wildman–Crippen LogP) is 1.90. The van der Waals surface area contributed by atoms with Crippen molar-refractivity contribution in [2.24, 2.45) is 0 Å². The Bertz CT molecular complexity index is 660. The number of hydrogen-bond acceptors (Lipinski definition) is 4. The van der Waals surface area contributed by atoms with Crippen molar-refractivity contribution in [3.63, 3.8) is 0 Å². The van der Waals surface area contributed by atoms with Crippen LogP contribution >= 0.6 is 11.6 Å². The van der Waals surface area contributed by atoms with Gasteiger partial charge < -0.3 is 4.90 Å². The fourth-order valence-electron chi connectivity index (χ4n) is 2.64. The number of aromatic amines is 1. The van der Waals surface area contributed by atoms with E-state index in [1.54, 1.807) is 4.90 Å². The summed E-state index contributed by atoms with van der Waals surface area (Å²) in [5.41, 5.74) is 1.56. The number of H-pyrrole nitrogens is 1. The number of likely N-dealkylation sites (tertiary alicyclic amines) is 1. The lowest BCUT2D eigenvalue weighted by Crippen LogP contribution is -2.36. The van der Waals surface area contributed by atoms with E-state index in [1.807, 2.05) is 0 Å². The van der Waals surface area contributed by atoms with Gasteiger partial charge in [-0.25, -0.2) is 9.97 Å². The number of halogens is 1. The van der Waals surface area contributed by atoms with E-state index in [0.717, 1.165) is 23.9 Å². The Morgan fingerprint density at radius 1 is 1.45 bits per heavy atom. The molecule has 2 aromatic rings. The van der Waals surface area contributed by atoms with Crippen molar-refractivity contribution in [3.8, 4) is 0 Å². The zero-order chi connectivity index (χ0) is 14.1. The molecule has 20 heavy (non-hydrogen) atoms. The Kier molecular flexibility index (Phi) is 3.40. The monoisotopic (exact) mass is 291 g/mol. The van der Waals surface area contributed by atoms with E-state index < -0.39 is 0 Å². The van der Waals surface area contributed by atoms with Crippen molar-refractivity contribution in [2.75, 3.05) is 13.1 Å². The SMILES string of the molecule is C=CC(=O)N1CCC(c2n[nH]c3ncnc(Cl)c23)CC1. The highest BCUT2D eigenvalue weighted by molar-refractivity contribution is 6.34. The van der Waals surface area contributed by atoms with Gasteiger partial charge in [-0.2, -0.15) is 5.10 Å². The second-order valence-corrected chi connectivity index (χ2v) is 5.16. The maximum Gasteiger partial charge on any atom is 0.245 e. The third kappa shape index (κ3) is 2.16. The molecule has 1 N–H and O–H groups in total. The van der Waals surface area contributed by atoms with Crippen LogP contribution in [0.15, 0.2) is 19.0 Å². The van der Waals surface area contributed by atoms with Gasteiger partial charge in [-0.3, -0.25) is 9.89 Å². The highest BCUT2D eigenvalue weighted by Crippen LogP contribution is 2.33. The minimum absolute atomic E-state index is 0.0169. The molecule has 3 heterocycles. The second-order valence-electron chi connectivity index (χ2n) is 4.80. The lowest BCUT2D eigenvalue weighted by molar-refractivity contribution is -0.127. The molecule has 1 aliphatic rings. The lowest BCUT2D eigenvalue weighted by atomic mass is 9.92. The van der Waals surface area contributed by atoms with Crippen molar-refractivity contribution >= 4 is 28.5 Å². The molecule has 1 aliphatic heterocycles. The normalized spacial score (nSPS) is 16.6. The lowest BCUT2D eigenvalue weighted by Gasteiger charge is -2.30. The summed E-state index contributed by atoms with van der Waals surface area (Å²) in [6, 6.07) is 0. The maximum absolute atomic E-state index is 11.6. The Morgan fingerprint density at radius 3 is 2.90 bits per heavy atom. The molecule has 0 aromatic carbocycles. The van der Waals surface area contributed by atoms with Gasteiger partial charge in [0.1, 0.15) is 11.5 Å². The highest BCUT2D eigenvalue weighted by atomic mass is 35.5. The number of rotatable bonds is 2. The summed E-state index contributed by atoms with van der Waals surface area (Å²) in [6.07, 6.45) is 4.47. The van der Waals surface area contributed by atoms with Crippen molar-refractivity contribution in [1.82, 2.24) is 25.1 Å². The molecule has 3 rings (SSSR count). The number of fused-ring (bicyclic) bond motifs is 1. The first-order chi connectivity index (χ1) is 9.70. The summed E-state index contributed by atoms with van der Waals surface area (Å²) < 4.78 is 0. The Labute approximate surface area is 120 Å². The van der Waals surface area contributed by atoms with E-state index in [4.69, 9.17) is 11.6 Å². The maximum atomic E-state index is 11.6. The van der Waals surface area contributed by atoms with E-state index in [-0.39, 0.29) is 11.8 Å².